The van der Waals surface area contributed by atoms with Gasteiger partial charge in [-0.1, -0.05) is 23.2 Å². The molecule has 0 aliphatic heterocycles. The number of anilines is 1. The Labute approximate surface area is 93.4 Å². The predicted octanol–water partition coefficient (Wildman–Crippen LogP) is 3.71. The van der Waals surface area contributed by atoms with Crippen LogP contribution in [-0.2, 0) is 0 Å². The molecule has 0 bridgehead atoms. The first kappa shape index (κ1) is 11.2. The molecule has 1 rings (SSSR count). The maximum absolute atomic E-state index is 8.82. The molecule has 2 nitrogen and oxygen atoms in total. The number of nitriles is 1. The van der Waals surface area contributed by atoms with Gasteiger partial charge in [-0.25, -0.2) is 0 Å². The SMILES string of the molecule is CC(C)(C#N)Nc1cc(Cl)cc(Cl)c1. The van der Waals surface area contributed by atoms with Crippen LogP contribution in [0, 0.1) is 11.3 Å². The molecule has 1 aromatic rings. The first-order chi connectivity index (χ1) is 6.43. The quantitative estimate of drug-likeness (QED) is 0.838. The summed E-state index contributed by atoms with van der Waals surface area (Å²) in [6.45, 7) is 3.56. The molecule has 14 heavy (non-hydrogen) atoms. The average molecular weight is 229 g/mol. The molecule has 0 fully saturated rings. The van der Waals surface area contributed by atoms with Crippen molar-refractivity contribution in [3.8, 4) is 6.07 Å². The van der Waals surface area contributed by atoms with E-state index in [9.17, 15) is 0 Å². The Kier molecular flexibility index (Phi) is 3.25. The monoisotopic (exact) mass is 228 g/mol. The standard InChI is InChI=1S/C10H10Cl2N2/c1-10(2,6-13)14-9-4-7(11)3-8(12)5-9/h3-5,14H,1-2H3. The zero-order chi connectivity index (χ0) is 10.8. The lowest BCUT2D eigenvalue weighted by molar-refractivity contribution is 0.729. The third-order valence-corrected chi connectivity index (χ3v) is 2.04. The number of nitrogens with zero attached hydrogens (tertiary/aromatic N) is 1. The average Bonchev–Trinajstić information content (AvgIpc) is 2.01. The summed E-state index contributed by atoms with van der Waals surface area (Å²) in [6, 6.07) is 7.24. The molecule has 0 saturated heterocycles. The Bertz CT molecular complexity index is 360. The van der Waals surface area contributed by atoms with Gasteiger partial charge in [-0.3, -0.25) is 0 Å². The summed E-state index contributed by atoms with van der Waals surface area (Å²) in [4.78, 5) is 0. The van der Waals surface area contributed by atoms with Crippen molar-refractivity contribution in [2.75, 3.05) is 5.32 Å². The highest BCUT2D eigenvalue weighted by Crippen LogP contribution is 2.24. The Morgan fingerprint density at radius 3 is 2.14 bits per heavy atom. The van der Waals surface area contributed by atoms with Crippen molar-refractivity contribution >= 4 is 28.9 Å². The van der Waals surface area contributed by atoms with E-state index in [0.717, 1.165) is 5.69 Å². The molecule has 0 unspecified atom stereocenters. The van der Waals surface area contributed by atoms with E-state index in [1.165, 1.54) is 0 Å². The van der Waals surface area contributed by atoms with E-state index in [0.29, 0.717) is 10.0 Å². The minimum absolute atomic E-state index is 0.550. The molecule has 0 radical (unpaired) electrons. The summed E-state index contributed by atoms with van der Waals surface area (Å²) in [6.07, 6.45) is 0. The van der Waals surface area contributed by atoms with E-state index >= 15 is 0 Å². The van der Waals surface area contributed by atoms with Crippen LogP contribution >= 0.6 is 23.2 Å². The Morgan fingerprint density at radius 1 is 1.21 bits per heavy atom. The third kappa shape index (κ3) is 3.10. The molecule has 4 heteroatoms. The van der Waals surface area contributed by atoms with Crippen molar-refractivity contribution in [2.45, 2.75) is 19.4 Å². The number of nitrogens with one attached hydrogen (secondary N) is 1. The summed E-state index contributed by atoms with van der Waals surface area (Å²) >= 11 is 11.6. The van der Waals surface area contributed by atoms with Gasteiger partial charge in [-0.2, -0.15) is 5.26 Å². The van der Waals surface area contributed by atoms with Gasteiger partial charge in [0, 0.05) is 15.7 Å². The first-order valence-corrected chi connectivity index (χ1v) is 4.84. The molecule has 0 spiro atoms. The number of halogens is 2. The van der Waals surface area contributed by atoms with Gasteiger partial charge in [-0.05, 0) is 32.0 Å². The van der Waals surface area contributed by atoms with Gasteiger partial charge in [0.15, 0.2) is 0 Å². The molecule has 0 saturated carbocycles. The molecule has 0 aliphatic carbocycles. The highest BCUT2D eigenvalue weighted by molar-refractivity contribution is 6.35. The fourth-order valence-electron chi connectivity index (χ4n) is 1.01. The summed E-state index contributed by atoms with van der Waals surface area (Å²) in [5.41, 5.74) is 0.114. The van der Waals surface area contributed by atoms with Crippen LogP contribution in [0.2, 0.25) is 10.0 Å². The molecular formula is C10H10Cl2N2. The van der Waals surface area contributed by atoms with Crippen LogP contribution < -0.4 is 5.32 Å². The van der Waals surface area contributed by atoms with Crippen LogP contribution in [0.25, 0.3) is 0 Å². The lowest BCUT2D eigenvalue weighted by atomic mass is 10.1. The van der Waals surface area contributed by atoms with Crippen molar-refractivity contribution in [1.82, 2.24) is 0 Å². The van der Waals surface area contributed by atoms with E-state index in [1.807, 2.05) is 0 Å². The number of benzene rings is 1. The minimum atomic E-state index is -0.631. The van der Waals surface area contributed by atoms with E-state index in [2.05, 4.69) is 11.4 Å². The van der Waals surface area contributed by atoms with E-state index in [1.54, 1.807) is 32.0 Å². The van der Waals surface area contributed by atoms with Gasteiger partial charge in [0.1, 0.15) is 5.54 Å². The molecule has 0 heterocycles. The topological polar surface area (TPSA) is 35.8 Å². The van der Waals surface area contributed by atoms with Crippen LogP contribution in [-0.4, -0.2) is 5.54 Å². The maximum Gasteiger partial charge on any atom is 0.119 e. The summed E-state index contributed by atoms with van der Waals surface area (Å²) in [5, 5.41) is 12.9. The molecule has 0 atom stereocenters. The number of hydrogen-bond donors (Lipinski definition) is 1. The minimum Gasteiger partial charge on any atom is -0.368 e. The van der Waals surface area contributed by atoms with Crippen molar-refractivity contribution in [3.05, 3.63) is 28.2 Å². The fourth-order valence-corrected chi connectivity index (χ4v) is 1.54. The molecule has 74 valence electrons. The van der Waals surface area contributed by atoms with Crippen molar-refractivity contribution < 1.29 is 0 Å². The Balaban J connectivity index is 2.94. The fraction of sp³-hybridized carbons (Fsp3) is 0.300. The van der Waals surface area contributed by atoms with Crippen LogP contribution in [0.1, 0.15) is 13.8 Å². The summed E-state index contributed by atoms with van der Waals surface area (Å²) in [7, 11) is 0. The number of rotatable bonds is 2. The summed E-state index contributed by atoms with van der Waals surface area (Å²) < 4.78 is 0. The molecule has 0 aliphatic rings. The zero-order valence-corrected chi connectivity index (χ0v) is 9.45. The normalized spacial score (nSPS) is 10.8. The third-order valence-electron chi connectivity index (χ3n) is 1.60. The van der Waals surface area contributed by atoms with Crippen LogP contribution in [0.4, 0.5) is 5.69 Å². The lowest BCUT2D eigenvalue weighted by Gasteiger charge is -2.19. The van der Waals surface area contributed by atoms with Gasteiger partial charge in [-0.15, -0.1) is 0 Å². The highest BCUT2D eigenvalue weighted by Gasteiger charge is 2.15. The summed E-state index contributed by atoms with van der Waals surface area (Å²) in [5.74, 6) is 0. The van der Waals surface area contributed by atoms with Gasteiger partial charge < -0.3 is 5.32 Å². The second kappa shape index (κ2) is 4.08. The lowest BCUT2D eigenvalue weighted by Crippen LogP contribution is -2.28. The van der Waals surface area contributed by atoms with Crippen molar-refractivity contribution in [1.29, 1.82) is 5.26 Å². The van der Waals surface area contributed by atoms with Crippen LogP contribution in [0.3, 0.4) is 0 Å². The van der Waals surface area contributed by atoms with Gasteiger partial charge in [0.05, 0.1) is 6.07 Å². The predicted molar refractivity (Wildman–Crippen MR) is 59.8 cm³/mol. The van der Waals surface area contributed by atoms with Crippen LogP contribution in [0.15, 0.2) is 18.2 Å². The van der Waals surface area contributed by atoms with Crippen LogP contribution in [0.5, 0.6) is 0 Å². The van der Waals surface area contributed by atoms with Gasteiger partial charge in [0.25, 0.3) is 0 Å². The Hall–Kier alpha value is -0.910. The molecule has 0 amide bonds. The van der Waals surface area contributed by atoms with E-state index in [-0.39, 0.29) is 0 Å². The van der Waals surface area contributed by atoms with Crippen molar-refractivity contribution in [3.63, 3.8) is 0 Å². The van der Waals surface area contributed by atoms with Gasteiger partial charge in [0.2, 0.25) is 0 Å². The van der Waals surface area contributed by atoms with E-state index in [4.69, 9.17) is 28.5 Å². The second-order valence-electron chi connectivity index (χ2n) is 3.52. The molecular weight excluding hydrogens is 219 g/mol. The van der Waals surface area contributed by atoms with E-state index < -0.39 is 5.54 Å². The second-order valence-corrected chi connectivity index (χ2v) is 4.39. The molecule has 0 aromatic heterocycles. The Morgan fingerprint density at radius 2 is 1.71 bits per heavy atom. The highest BCUT2D eigenvalue weighted by atomic mass is 35.5. The van der Waals surface area contributed by atoms with Gasteiger partial charge >= 0.3 is 0 Å². The molecule has 1 aromatic carbocycles. The first-order valence-electron chi connectivity index (χ1n) is 4.08. The maximum atomic E-state index is 8.82. The molecule has 1 N–H and O–H groups in total. The largest absolute Gasteiger partial charge is 0.368 e. The number of hydrogen-bond acceptors (Lipinski definition) is 2. The zero-order valence-electron chi connectivity index (χ0n) is 7.94. The van der Waals surface area contributed by atoms with Crippen molar-refractivity contribution in [2.24, 2.45) is 0 Å². The smallest absolute Gasteiger partial charge is 0.119 e.